The quantitative estimate of drug-likeness (QED) is 0.790. The first-order valence-corrected chi connectivity index (χ1v) is 5.31. The third-order valence-corrected chi connectivity index (χ3v) is 2.80. The number of aromatic nitrogens is 1. The Morgan fingerprint density at radius 1 is 1.25 bits per heavy atom. The SMILES string of the molecule is O=CCc1cc(-c2ccc(Cl)c(Cl)c2)no1. The van der Waals surface area contributed by atoms with Gasteiger partial charge < -0.3 is 9.32 Å². The molecule has 0 radical (unpaired) electrons. The van der Waals surface area contributed by atoms with E-state index in [1.165, 1.54) is 0 Å². The van der Waals surface area contributed by atoms with Crippen LogP contribution < -0.4 is 0 Å². The van der Waals surface area contributed by atoms with E-state index in [0.29, 0.717) is 21.5 Å². The monoisotopic (exact) mass is 255 g/mol. The maximum atomic E-state index is 10.3. The smallest absolute Gasteiger partial charge is 0.144 e. The fraction of sp³-hybridized carbons (Fsp3) is 0.0909. The van der Waals surface area contributed by atoms with Crippen molar-refractivity contribution in [2.45, 2.75) is 6.42 Å². The Balaban J connectivity index is 2.34. The molecule has 0 fully saturated rings. The predicted molar refractivity (Wildman–Crippen MR) is 61.7 cm³/mol. The molecule has 16 heavy (non-hydrogen) atoms. The van der Waals surface area contributed by atoms with Crippen LogP contribution in [0.15, 0.2) is 28.8 Å². The minimum atomic E-state index is 0.217. The molecule has 0 spiro atoms. The standard InChI is InChI=1S/C11H7Cl2NO2/c12-9-2-1-7(5-10(9)13)11-6-8(3-4-15)16-14-11/h1-2,4-6H,3H2. The first-order chi connectivity index (χ1) is 7.70. The summed E-state index contributed by atoms with van der Waals surface area (Å²) in [6, 6.07) is 6.88. The molecule has 0 N–H and O–H groups in total. The molecule has 0 aliphatic rings. The minimum absolute atomic E-state index is 0.217. The van der Waals surface area contributed by atoms with Crippen LogP contribution >= 0.6 is 23.2 Å². The summed E-state index contributed by atoms with van der Waals surface area (Å²) < 4.78 is 4.97. The molecule has 0 atom stereocenters. The first kappa shape index (κ1) is 11.2. The van der Waals surface area contributed by atoms with Crippen molar-refractivity contribution in [2.75, 3.05) is 0 Å². The highest BCUT2D eigenvalue weighted by Gasteiger charge is 2.07. The lowest BCUT2D eigenvalue weighted by Gasteiger charge is -1.98. The third-order valence-electron chi connectivity index (χ3n) is 2.06. The lowest BCUT2D eigenvalue weighted by Crippen LogP contribution is -1.80. The molecule has 2 rings (SSSR count). The van der Waals surface area contributed by atoms with Crippen molar-refractivity contribution in [1.82, 2.24) is 5.16 Å². The molecule has 1 aromatic carbocycles. The van der Waals surface area contributed by atoms with E-state index in [-0.39, 0.29) is 6.42 Å². The van der Waals surface area contributed by atoms with Gasteiger partial charge in [-0.1, -0.05) is 34.4 Å². The van der Waals surface area contributed by atoms with Crippen LogP contribution in [-0.4, -0.2) is 11.4 Å². The summed E-state index contributed by atoms with van der Waals surface area (Å²) in [6.07, 6.45) is 0.980. The lowest BCUT2D eigenvalue weighted by atomic mass is 10.1. The molecule has 5 heteroatoms. The van der Waals surface area contributed by atoms with Gasteiger partial charge in [0.05, 0.1) is 16.5 Å². The maximum absolute atomic E-state index is 10.3. The second-order valence-corrected chi connectivity index (χ2v) is 3.99. The van der Waals surface area contributed by atoms with Gasteiger partial charge in [0.25, 0.3) is 0 Å². The number of rotatable bonds is 3. The molecular formula is C11H7Cl2NO2. The number of hydrogen-bond donors (Lipinski definition) is 0. The van der Waals surface area contributed by atoms with Crippen molar-refractivity contribution in [3.63, 3.8) is 0 Å². The van der Waals surface area contributed by atoms with Gasteiger partial charge in [-0.15, -0.1) is 0 Å². The zero-order chi connectivity index (χ0) is 11.5. The van der Waals surface area contributed by atoms with Crippen LogP contribution in [0.3, 0.4) is 0 Å². The lowest BCUT2D eigenvalue weighted by molar-refractivity contribution is -0.107. The molecule has 3 nitrogen and oxygen atoms in total. The van der Waals surface area contributed by atoms with Gasteiger partial charge in [-0.3, -0.25) is 0 Å². The molecule has 82 valence electrons. The Hall–Kier alpha value is -1.32. The van der Waals surface area contributed by atoms with Crippen LogP contribution in [0.5, 0.6) is 0 Å². The Morgan fingerprint density at radius 3 is 2.75 bits per heavy atom. The molecule has 0 saturated carbocycles. The van der Waals surface area contributed by atoms with Gasteiger partial charge in [0.2, 0.25) is 0 Å². The first-order valence-electron chi connectivity index (χ1n) is 4.55. The number of aldehydes is 1. The average Bonchev–Trinajstić information content (AvgIpc) is 2.71. The highest BCUT2D eigenvalue weighted by atomic mass is 35.5. The zero-order valence-electron chi connectivity index (χ0n) is 8.11. The van der Waals surface area contributed by atoms with Crippen molar-refractivity contribution in [3.05, 3.63) is 40.1 Å². The number of carbonyl (C=O) groups excluding carboxylic acids is 1. The molecule has 1 heterocycles. The molecule has 2 aromatic rings. The van der Waals surface area contributed by atoms with Gasteiger partial charge in [-0.25, -0.2) is 0 Å². The summed E-state index contributed by atoms with van der Waals surface area (Å²) in [5.41, 5.74) is 1.44. The fourth-order valence-corrected chi connectivity index (χ4v) is 1.58. The van der Waals surface area contributed by atoms with Crippen molar-refractivity contribution in [2.24, 2.45) is 0 Å². The normalized spacial score (nSPS) is 10.4. The Bertz CT molecular complexity index is 522. The molecule has 0 unspecified atom stereocenters. The zero-order valence-corrected chi connectivity index (χ0v) is 9.63. The number of carbonyl (C=O) groups is 1. The van der Waals surface area contributed by atoms with Gasteiger partial charge in [-0.2, -0.15) is 0 Å². The van der Waals surface area contributed by atoms with Gasteiger partial charge in [0.1, 0.15) is 17.7 Å². The van der Waals surface area contributed by atoms with Crippen molar-refractivity contribution >= 4 is 29.5 Å². The number of nitrogens with zero attached hydrogens (tertiary/aromatic N) is 1. The topological polar surface area (TPSA) is 43.1 Å². The summed E-state index contributed by atoms with van der Waals surface area (Å²) in [5.74, 6) is 0.524. The van der Waals surface area contributed by atoms with Crippen LogP contribution in [0.25, 0.3) is 11.3 Å². The van der Waals surface area contributed by atoms with Crippen molar-refractivity contribution in [1.29, 1.82) is 0 Å². The molecular weight excluding hydrogens is 249 g/mol. The predicted octanol–water partition coefficient (Wildman–Crippen LogP) is 3.39. The summed E-state index contributed by atoms with van der Waals surface area (Å²) >= 11 is 11.7. The summed E-state index contributed by atoms with van der Waals surface area (Å²) in [5, 5.41) is 4.79. The highest BCUT2D eigenvalue weighted by molar-refractivity contribution is 6.42. The average molecular weight is 256 g/mol. The van der Waals surface area contributed by atoms with E-state index < -0.39 is 0 Å². The van der Waals surface area contributed by atoms with Gasteiger partial charge >= 0.3 is 0 Å². The molecule has 0 amide bonds. The summed E-state index contributed by atoms with van der Waals surface area (Å²) in [4.78, 5) is 10.3. The van der Waals surface area contributed by atoms with E-state index in [1.807, 2.05) is 0 Å². The van der Waals surface area contributed by atoms with Crippen LogP contribution in [-0.2, 0) is 11.2 Å². The van der Waals surface area contributed by atoms with E-state index in [0.717, 1.165) is 11.8 Å². The number of halogens is 2. The van der Waals surface area contributed by atoms with E-state index in [1.54, 1.807) is 24.3 Å². The van der Waals surface area contributed by atoms with E-state index in [4.69, 9.17) is 27.7 Å². The highest BCUT2D eigenvalue weighted by Crippen LogP contribution is 2.28. The Labute approximate surface area is 102 Å². The summed E-state index contributed by atoms with van der Waals surface area (Å²) in [7, 11) is 0. The number of benzene rings is 1. The Morgan fingerprint density at radius 2 is 2.06 bits per heavy atom. The molecule has 0 bridgehead atoms. The third kappa shape index (κ3) is 2.26. The van der Waals surface area contributed by atoms with Crippen LogP contribution in [0.1, 0.15) is 5.76 Å². The van der Waals surface area contributed by atoms with Crippen molar-refractivity contribution < 1.29 is 9.32 Å². The largest absolute Gasteiger partial charge is 0.360 e. The van der Waals surface area contributed by atoms with E-state index in [2.05, 4.69) is 5.16 Å². The second-order valence-electron chi connectivity index (χ2n) is 3.18. The molecule has 0 aliphatic heterocycles. The van der Waals surface area contributed by atoms with Crippen LogP contribution in [0, 0.1) is 0 Å². The summed E-state index contributed by atoms with van der Waals surface area (Å²) in [6.45, 7) is 0. The number of hydrogen-bond acceptors (Lipinski definition) is 3. The van der Waals surface area contributed by atoms with Gasteiger partial charge in [0, 0.05) is 11.6 Å². The molecule has 0 aliphatic carbocycles. The second kappa shape index (κ2) is 4.68. The molecule has 1 aromatic heterocycles. The van der Waals surface area contributed by atoms with Gasteiger partial charge in [-0.05, 0) is 12.1 Å². The Kier molecular flexibility index (Phi) is 3.27. The van der Waals surface area contributed by atoms with E-state index >= 15 is 0 Å². The maximum Gasteiger partial charge on any atom is 0.144 e. The van der Waals surface area contributed by atoms with Crippen molar-refractivity contribution in [3.8, 4) is 11.3 Å². The van der Waals surface area contributed by atoms with E-state index in [9.17, 15) is 4.79 Å². The molecule has 0 saturated heterocycles. The fourth-order valence-electron chi connectivity index (χ4n) is 1.28. The minimum Gasteiger partial charge on any atom is -0.360 e. The van der Waals surface area contributed by atoms with Crippen LogP contribution in [0.4, 0.5) is 0 Å². The van der Waals surface area contributed by atoms with Gasteiger partial charge in [0.15, 0.2) is 0 Å². The van der Waals surface area contributed by atoms with Crippen LogP contribution in [0.2, 0.25) is 10.0 Å².